The van der Waals surface area contributed by atoms with Crippen molar-refractivity contribution < 1.29 is 9.15 Å². The van der Waals surface area contributed by atoms with Crippen molar-refractivity contribution in [3.8, 4) is 29.0 Å². The Bertz CT molecular complexity index is 781. The fourth-order valence-corrected chi connectivity index (χ4v) is 1.77. The van der Waals surface area contributed by atoms with Gasteiger partial charge < -0.3 is 9.15 Å². The summed E-state index contributed by atoms with van der Waals surface area (Å²) < 4.78 is 10.6. The molecule has 102 valence electrons. The Balaban J connectivity index is 1.81. The van der Waals surface area contributed by atoms with E-state index in [1.54, 1.807) is 7.11 Å². The van der Waals surface area contributed by atoms with Gasteiger partial charge in [0.15, 0.2) is 0 Å². The summed E-state index contributed by atoms with van der Waals surface area (Å²) in [6.07, 6.45) is 0. The SMILES string of the molecule is COc1ccc(-c2nnc(C#Cc3ccccc3)o2)cc1. The summed E-state index contributed by atoms with van der Waals surface area (Å²) in [6, 6.07) is 17.1. The van der Waals surface area contributed by atoms with Crippen LogP contribution in [0.2, 0.25) is 0 Å². The lowest BCUT2D eigenvalue weighted by atomic mass is 10.2. The minimum absolute atomic E-state index is 0.296. The van der Waals surface area contributed by atoms with Crippen molar-refractivity contribution >= 4 is 0 Å². The predicted octanol–water partition coefficient (Wildman–Crippen LogP) is 3.15. The van der Waals surface area contributed by atoms with E-state index in [1.165, 1.54) is 0 Å². The molecule has 2 aromatic carbocycles. The standard InChI is InChI=1S/C17H12N2O2/c1-20-15-10-8-14(9-11-15)17-19-18-16(21-17)12-7-13-5-3-2-4-6-13/h2-6,8-11H,1H3. The number of aromatic nitrogens is 2. The molecule has 4 nitrogen and oxygen atoms in total. The quantitative estimate of drug-likeness (QED) is 0.675. The van der Waals surface area contributed by atoms with Crippen LogP contribution in [0.4, 0.5) is 0 Å². The molecule has 0 atom stereocenters. The number of ether oxygens (including phenoxy) is 1. The van der Waals surface area contributed by atoms with Crippen LogP contribution < -0.4 is 4.74 Å². The first-order valence-electron chi connectivity index (χ1n) is 6.40. The van der Waals surface area contributed by atoms with Crippen LogP contribution in [0.15, 0.2) is 59.0 Å². The van der Waals surface area contributed by atoms with E-state index in [0.29, 0.717) is 11.8 Å². The third kappa shape index (κ3) is 3.10. The predicted molar refractivity (Wildman–Crippen MR) is 78.7 cm³/mol. The van der Waals surface area contributed by atoms with Crippen molar-refractivity contribution in [2.45, 2.75) is 0 Å². The average Bonchev–Trinajstić information content (AvgIpc) is 3.03. The van der Waals surface area contributed by atoms with Gasteiger partial charge in [-0.25, -0.2) is 0 Å². The van der Waals surface area contributed by atoms with Gasteiger partial charge in [-0.1, -0.05) is 29.2 Å². The van der Waals surface area contributed by atoms with Crippen LogP contribution in [0, 0.1) is 11.8 Å². The number of hydrogen-bond acceptors (Lipinski definition) is 4. The number of hydrogen-bond donors (Lipinski definition) is 0. The Morgan fingerprint density at radius 3 is 2.38 bits per heavy atom. The molecule has 21 heavy (non-hydrogen) atoms. The third-order valence-electron chi connectivity index (χ3n) is 2.85. The summed E-state index contributed by atoms with van der Waals surface area (Å²) >= 11 is 0. The van der Waals surface area contributed by atoms with Gasteiger partial charge >= 0.3 is 0 Å². The maximum atomic E-state index is 5.53. The van der Waals surface area contributed by atoms with Gasteiger partial charge in [-0.2, -0.15) is 0 Å². The maximum absolute atomic E-state index is 5.53. The van der Waals surface area contributed by atoms with E-state index in [1.807, 2.05) is 54.6 Å². The Morgan fingerprint density at radius 1 is 0.905 bits per heavy atom. The summed E-state index contributed by atoms with van der Waals surface area (Å²) in [6.45, 7) is 0. The lowest BCUT2D eigenvalue weighted by Crippen LogP contribution is -1.82. The van der Waals surface area contributed by atoms with Crippen molar-refractivity contribution in [3.05, 3.63) is 66.1 Å². The highest BCUT2D eigenvalue weighted by Crippen LogP contribution is 2.20. The molecule has 0 amide bonds. The molecule has 0 aliphatic heterocycles. The number of benzene rings is 2. The third-order valence-corrected chi connectivity index (χ3v) is 2.85. The molecule has 1 heterocycles. The molecule has 0 fully saturated rings. The first-order valence-corrected chi connectivity index (χ1v) is 6.40. The van der Waals surface area contributed by atoms with Crippen molar-refractivity contribution in [1.29, 1.82) is 0 Å². The number of methoxy groups -OCH3 is 1. The van der Waals surface area contributed by atoms with Crippen molar-refractivity contribution in [2.24, 2.45) is 0 Å². The van der Waals surface area contributed by atoms with Crippen LogP contribution in [0.5, 0.6) is 5.75 Å². The molecule has 0 radical (unpaired) electrons. The first-order chi connectivity index (χ1) is 10.3. The van der Waals surface area contributed by atoms with Gasteiger partial charge in [-0.05, 0) is 42.3 Å². The van der Waals surface area contributed by atoms with Crippen LogP contribution in [0.3, 0.4) is 0 Å². The van der Waals surface area contributed by atoms with E-state index < -0.39 is 0 Å². The van der Waals surface area contributed by atoms with Gasteiger partial charge in [0.25, 0.3) is 5.89 Å². The van der Waals surface area contributed by atoms with E-state index in [9.17, 15) is 0 Å². The molecular formula is C17H12N2O2. The molecular weight excluding hydrogens is 264 g/mol. The summed E-state index contributed by atoms with van der Waals surface area (Å²) in [4.78, 5) is 0. The lowest BCUT2D eigenvalue weighted by Gasteiger charge is -1.98. The fourth-order valence-electron chi connectivity index (χ4n) is 1.77. The molecule has 0 bridgehead atoms. The van der Waals surface area contributed by atoms with Crippen molar-refractivity contribution in [1.82, 2.24) is 10.2 Å². The van der Waals surface area contributed by atoms with E-state index in [0.717, 1.165) is 16.9 Å². The summed E-state index contributed by atoms with van der Waals surface area (Å²) in [5.41, 5.74) is 1.73. The second kappa shape index (κ2) is 5.93. The molecule has 0 saturated carbocycles. The minimum Gasteiger partial charge on any atom is -0.497 e. The van der Waals surface area contributed by atoms with Gasteiger partial charge in [-0.3, -0.25) is 0 Å². The van der Waals surface area contributed by atoms with Crippen LogP contribution in [0.25, 0.3) is 11.5 Å². The molecule has 3 rings (SSSR count). The maximum Gasteiger partial charge on any atom is 0.294 e. The second-order valence-electron chi connectivity index (χ2n) is 4.26. The minimum atomic E-state index is 0.296. The number of nitrogens with zero attached hydrogens (tertiary/aromatic N) is 2. The van der Waals surface area contributed by atoms with E-state index in [2.05, 4.69) is 22.0 Å². The van der Waals surface area contributed by atoms with Gasteiger partial charge in [0.2, 0.25) is 5.89 Å². The zero-order valence-electron chi connectivity index (χ0n) is 11.4. The van der Waals surface area contributed by atoms with Crippen LogP contribution in [-0.2, 0) is 0 Å². The monoisotopic (exact) mass is 276 g/mol. The molecule has 0 N–H and O–H groups in total. The highest BCUT2D eigenvalue weighted by atomic mass is 16.5. The Hall–Kier alpha value is -3.06. The summed E-state index contributed by atoms with van der Waals surface area (Å²) in [7, 11) is 1.62. The largest absolute Gasteiger partial charge is 0.497 e. The van der Waals surface area contributed by atoms with Gasteiger partial charge in [0, 0.05) is 11.1 Å². The molecule has 0 aliphatic carbocycles. The molecule has 4 heteroatoms. The van der Waals surface area contributed by atoms with Crippen LogP contribution >= 0.6 is 0 Å². The Labute approximate surface area is 122 Å². The molecule has 0 aliphatic rings. The van der Waals surface area contributed by atoms with E-state index in [-0.39, 0.29) is 0 Å². The van der Waals surface area contributed by atoms with Gasteiger partial charge in [0.1, 0.15) is 5.75 Å². The lowest BCUT2D eigenvalue weighted by molar-refractivity contribution is 0.415. The fraction of sp³-hybridized carbons (Fsp3) is 0.0588. The molecule has 0 spiro atoms. The Morgan fingerprint density at radius 2 is 1.67 bits per heavy atom. The average molecular weight is 276 g/mol. The van der Waals surface area contributed by atoms with Crippen molar-refractivity contribution in [3.63, 3.8) is 0 Å². The number of rotatable bonds is 2. The Kier molecular flexibility index (Phi) is 3.66. The summed E-state index contributed by atoms with van der Waals surface area (Å²) in [5, 5.41) is 7.92. The van der Waals surface area contributed by atoms with Crippen LogP contribution in [-0.4, -0.2) is 17.3 Å². The molecule has 1 aromatic heterocycles. The topological polar surface area (TPSA) is 48.2 Å². The normalized spacial score (nSPS) is 9.76. The first kappa shape index (κ1) is 12.9. The second-order valence-corrected chi connectivity index (χ2v) is 4.26. The zero-order chi connectivity index (χ0) is 14.5. The van der Waals surface area contributed by atoms with Gasteiger partial charge in [0.05, 0.1) is 7.11 Å². The molecule has 0 saturated heterocycles. The van der Waals surface area contributed by atoms with E-state index >= 15 is 0 Å². The molecule has 3 aromatic rings. The summed E-state index contributed by atoms with van der Waals surface area (Å²) in [5.74, 6) is 7.35. The molecule has 0 unspecified atom stereocenters. The van der Waals surface area contributed by atoms with Crippen molar-refractivity contribution in [2.75, 3.05) is 7.11 Å². The highest BCUT2D eigenvalue weighted by molar-refractivity contribution is 5.54. The smallest absolute Gasteiger partial charge is 0.294 e. The highest BCUT2D eigenvalue weighted by Gasteiger charge is 2.06. The van der Waals surface area contributed by atoms with Gasteiger partial charge in [-0.15, -0.1) is 5.10 Å². The van der Waals surface area contributed by atoms with E-state index in [4.69, 9.17) is 9.15 Å². The van der Waals surface area contributed by atoms with Crippen LogP contribution in [0.1, 0.15) is 11.5 Å². The zero-order valence-corrected chi connectivity index (χ0v) is 11.4.